The predicted molar refractivity (Wildman–Crippen MR) is 170 cm³/mol. The summed E-state index contributed by atoms with van der Waals surface area (Å²) in [6.45, 7) is 13.1. The number of fused-ring (bicyclic) bond motifs is 2. The van der Waals surface area contributed by atoms with Gasteiger partial charge in [0.25, 0.3) is 5.91 Å². The highest BCUT2D eigenvalue weighted by Gasteiger charge is 2.35. The molecule has 43 heavy (non-hydrogen) atoms. The van der Waals surface area contributed by atoms with Crippen molar-refractivity contribution in [3.63, 3.8) is 0 Å². The lowest BCUT2D eigenvalue weighted by Gasteiger charge is -2.39. The van der Waals surface area contributed by atoms with Crippen molar-refractivity contribution >= 4 is 46.0 Å². The summed E-state index contributed by atoms with van der Waals surface area (Å²) in [5.74, 6) is -0.0609. The molecule has 2 aromatic carbocycles. The van der Waals surface area contributed by atoms with Gasteiger partial charge in [0.1, 0.15) is 18.5 Å². The monoisotopic (exact) mass is 620 g/mol. The van der Waals surface area contributed by atoms with Gasteiger partial charge in [-0.1, -0.05) is 30.3 Å². The Morgan fingerprint density at radius 1 is 1.21 bits per heavy atom. The Balaban J connectivity index is 1.41. The molecule has 3 aliphatic heterocycles. The lowest BCUT2D eigenvalue weighted by Crippen LogP contribution is -2.56. The number of carbonyl (C=O) groups is 1. The number of thioether (sulfide) groups is 1. The van der Waals surface area contributed by atoms with E-state index in [9.17, 15) is 9.18 Å². The zero-order valence-electron chi connectivity index (χ0n) is 24.2. The van der Waals surface area contributed by atoms with Crippen LogP contribution in [0.15, 0.2) is 47.6 Å². The topological polar surface area (TPSA) is 66.2 Å². The van der Waals surface area contributed by atoms with Crippen LogP contribution in [0.2, 0.25) is 5.02 Å². The van der Waals surface area contributed by atoms with Gasteiger partial charge in [0.05, 0.1) is 5.52 Å². The molecule has 0 unspecified atom stereocenters. The van der Waals surface area contributed by atoms with Crippen LogP contribution in [-0.2, 0) is 11.2 Å². The first-order chi connectivity index (χ1) is 20.8. The van der Waals surface area contributed by atoms with Crippen molar-refractivity contribution in [3.05, 3.63) is 64.7 Å². The maximum atomic E-state index is 13.8. The number of rotatable bonds is 7. The molecule has 0 bridgehead atoms. The molecule has 6 rings (SSSR count). The predicted octanol–water partition coefficient (Wildman–Crippen LogP) is 5.88. The van der Waals surface area contributed by atoms with Gasteiger partial charge in [0, 0.05) is 46.5 Å². The zero-order chi connectivity index (χ0) is 30.1. The minimum atomic E-state index is -1.02. The number of aromatic nitrogens is 2. The van der Waals surface area contributed by atoms with Gasteiger partial charge >= 0.3 is 6.01 Å². The van der Waals surface area contributed by atoms with E-state index < -0.39 is 17.8 Å². The van der Waals surface area contributed by atoms with E-state index >= 15 is 0 Å². The third-order valence-corrected chi connectivity index (χ3v) is 10.1. The summed E-state index contributed by atoms with van der Waals surface area (Å²) in [5, 5.41) is 1.36. The molecular formula is C32H34ClFN6O2S. The average Bonchev–Trinajstić information content (AvgIpc) is 3.43. The molecule has 224 valence electrons. The fourth-order valence-electron chi connectivity index (χ4n) is 6.36. The molecule has 2 saturated heterocycles. The molecule has 3 aromatic rings. The number of nitrogens with zero attached hydrogens (tertiary/aromatic N) is 6. The van der Waals surface area contributed by atoms with Crippen LogP contribution in [-0.4, -0.2) is 89.9 Å². The van der Waals surface area contributed by atoms with E-state index in [-0.39, 0.29) is 19.1 Å². The van der Waals surface area contributed by atoms with E-state index in [2.05, 4.69) is 41.6 Å². The number of ether oxygens (including phenoxy) is 1. The summed E-state index contributed by atoms with van der Waals surface area (Å²) >= 11 is 8.89. The lowest BCUT2D eigenvalue weighted by molar-refractivity contribution is -0.131. The third kappa shape index (κ3) is 6.03. The highest BCUT2D eigenvalue weighted by Crippen LogP contribution is 2.41. The van der Waals surface area contributed by atoms with Crippen LogP contribution in [0.25, 0.3) is 26.9 Å². The van der Waals surface area contributed by atoms with Crippen LogP contribution in [0.5, 0.6) is 6.01 Å². The standard InChI is InChI=1S/C32H34ClFN6O2S/c1-20(34)31(41)40-13-12-39(18-22(40)17-35-2)30-26-15-27(33)25(23-8-4-10-29-24(23)9-6-14-43-29)16-28(26)36-32(37-30)42-19-21-7-5-11-38(21)3/h4,8,10,15-16,21-22H,1,5-7,9,11-14,17-19H2,3H3/t21-,22-/m0/s1. The van der Waals surface area contributed by atoms with Crippen molar-refractivity contribution in [3.8, 4) is 17.1 Å². The van der Waals surface area contributed by atoms with Gasteiger partial charge in [0.15, 0.2) is 5.83 Å². The van der Waals surface area contributed by atoms with E-state index in [0.29, 0.717) is 42.1 Å². The molecule has 2 fully saturated rings. The molecule has 0 spiro atoms. The van der Waals surface area contributed by atoms with E-state index in [1.807, 2.05) is 28.8 Å². The summed E-state index contributed by atoms with van der Waals surface area (Å²) in [6.07, 6.45) is 4.31. The molecule has 1 amide bonds. The largest absolute Gasteiger partial charge is 0.462 e. The maximum Gasteiger partial charge on any atom is 0.319 e. The Morgan fingerprint density at radius 3 is 2.84 bits per heavy atom. The molecule has 11 heteroatoms. The Kier molecular flexibility index (Phi) is 8.75. The number of carbonyl (C=O) groups excluding carboxylic acids is 1. The van der Waals surface area contributed by atoms with Crippen molar-refractivity contribution in [2.45, 2.75) is 42.7 Å². The second-order valence-electron chi connectivity index (χ2n) is 11.3. The van der Waals surface area contributed by atoms with Gasteiger partial charge in [0.2, 0.25) is 6.54 Å². The summed E-state index contributed by atoms with van der Waals surface area (Å²) in [5.41, 5.74) is 4.05. The number of halogens is 2. The smallest absolute Gasteiger partial charge is 0.319 e. The van der Waals surface area contributed by atoms with E-state index in [1.54, 1.807) is 0 Å². The normalized spacial score (nSPS) is 20.6. The summed E-state index contributed by atoms with van der Waals surface area (Å²) in [7, 11) is 2.10. The van der Waals surface area contributed by atoms with Gasteiger partial charge < -0.3 is 24.3 Å². The van der Waals surface area contributed by atoms with Gasteiger partial charge in [-0.2, -0.15) is 9.97 Å². The molecule has 2 atom stereocenters. The number of amides is 1. The van der Waals surface area contributed by atoms with Crippen LogP contribution in [0.1, 0.15) is 24.8 Å². The van der Waals surface area contributed by atoms with Gasteiger partial charge in [-0.15, -0.1) is 11.8 Å². The molecule has 3 aliphatic rings. The number of anilines is 1. The molecule has 1 aromatic heterocycles. The number of benzene rings is 2. The minimum Gasteiger partial charge on any atom is -0.462 e. The molecule has 8 nitrogen and oxygen atoms in total. The minimum absolute atomic E-state index is 0.0396. The third-order valence-electron chi connectivity index (χ3n) is 8.65. The SMILES string of the molecule is [C-]#[N+]C[C@H]1CN(c2nc(OC[C@@H]3CCCN3C)nc3cc(-c4cccc5c4CCCS5)c(Cl)cc23)CCN1C(=O)C(=C)F. The van der Waals surface area contributed by atoms with Crippen LogP contribution < -0.4 is 9.64 Å². The first-order valence-electron chi connectivity index (χ1n) is 14.7. The number of piperazine rings is 1. The fraction of sp³-hybridized carbons (Fsp3) is 0.438. The number of hydrogen-bond donors (Lipinski definition) is 0. The molecule has 0 radical (unpaired) electrons. The quantitative estimate of drug-likeness (QED) is 0.241. The summed E-state index contributed by atoms with van der Waals surface area (Å²) in [6, 6.07) is 10.4. The van der Waals surface area contributed by atoms with Crippen molar-refractivity contribution in [2.75, 3.05) is 57.0 Å². The zero-order valence-corrected chi connectivity index (χ0v) is 25.8. The van der Waals surface area contributed by atoms with Crippen molar-refractivity contribution < 1.29 is 13.9 Å². The maximum absolute atomic E-state index is 13.8. The Bertz CT molecular complexity index is 1610. The highest BCUT2D eigenvalue weighted by molar-refractivity contribution is 7.99. The van der Waals surface area contributed by atoms with E-state index in [0.717, 1.165) is 54.5 Å². The first-order valence-corrected chi connectivity index (χ1v) is 16.0. The van der Waals surface area contributed by atoms with E-state index in [1.165, 1.54) is 15.4 Å². The van der Waals surface area contributed by atoms with Gasteiger partial charge in [-0.05, 0) is 74.4 Å². The average molecular weight is 621 g/mol. The van der Waals surface area contributed by atoms with E-state index in [4.69, 9.17) is 32.9 Å². The van der Waals surface area contributed by atoms with Gasteiger partial charge in [-0.25, -0.2) is 11.0 Å². The van der Waals surface area contributed by atoms with Crippen LogP contribution in [0, 0.1) is 6.57 Å². The van der Waals surface area contributed by atoms with Crippen LogP contribution >= 0.6 is 23.4 Å². The second kappa shape index (κ2) is 12.7. The Hall–Kier alpha value is -3.39. The summed E-state index contributed by atoms with van der Waals surface area (Å²) in [4.78, 5) is 32.8. The van der Waals surface area contributed by atoms with Gasteiger partial charge in [-0.3, -0.25) is 4.79 Å². The molecule has 0 N–H and O–H groups in total. The van der Waals surface area contributed by atoms with Crippen LogP contribution in [0.3, 0.4) is 0 Å². The second-order valence-corrected chi connectivity index (χ2v) is 12.9. The number of likely N-dealkylation sites (tertiary alicyclic amines) is 1. The first kappa shape index (κ1) is 29.7. The lowest BCUT2D eigenvalue weighted by atomic mass is 9.95. The Labute approximate surface area is 260 Å². The summed E-state index contributed by atoms with van der Waals surface area (Å²) < 4.78 is 20.0. The number of hydrogen-bond acceptors (Lipinski definition) is 7. The van der Waals surface area contributed by atoms with Crippen molar-refractivity contribution in [1.82, 2.24) is 19.8 Å². The van der Waals surface area contributed by atoms with Crippen LogP contribution in [0.4, 0.5) is 10.2 Å². The number of likely N-dealkylation sites (N-methyl/N-ethyl adjacent to an activating group) is 1. The molecule has 0 saturated carbocycles. The van der Waals surface area contributed by atoms with Crippen molar-refractivity contribution in [2.24, 2.45) is 0 Å². The molecular weight excluding hydrogens is 587 g/mol. The molecule has 4 heterocycles. The highest BCUT2D eigenvalue weighted by atomic mass is 35.5. The van der Waals surface area contributed by atoms with Crippen molar-refractivity contribution in [1.29, 1.82) is 0 Å². The fourth-order valence-corrected chi connectivity index (χ4v) is 7.69. The molecule has 0 aliphatic carbocycles. The Morgan fingerprint density at radius 2 is 2.07 bits per heavy atom.